The SMILES string of the molecule is CCNc1ccc(NCCCCCO)cc1. The molecule has 0 atom stereocenters. The van der Waals surface area contributed by atoms with Gasteiger partial charge in [0.1, 0.15) is 0 Å². The van der Waals surface area contributed by atoms with Crippen molar-refractivity contribution in [2.45, 2.75) is 26.2 Å². The van der Waals surface area contributed by atoms with Gasteiger partial charge in [0.05, 0.1) is 0 Å². The summed E-state index contributed by atoms with van der Waals surface area (Å²) in [7, 11) is 0. The Bertz CT molecular complexity index is 272. The second kappa shape index (κ2) is 7.99. The van der Waals surface area contributed by atoms with Gasteiger partial charge >= 0.3 is 0 Å². The van der Waals surface area contributed by atoms with Gasteiger partial charge < -0.3 is 15.7 Å². The van der Waals surface area contributed by atoms with Crippen LogP contribution in [-0.2, 0) is 0 Å². The van der Waals surface area contributed by atoms with Crippen molar-refractivity contribution in [3.05, 3.63) is 24.3 Å². The van der Waals surface area contributed by atoms with Crippen LogP contribution in [0.2, 0.25) is 0 Å². The molecule has 3 N–H and O–H groups in total. The van der Waals surface area contributed by atoms with Gasteiger partial charge in [-0.15, -0.1) is 0 Å². The van der Waals surface area contributed by atoms with Crippen molar-refractivity contribution in [2.75, 3.05) is 30.3 Å². The molecule has 0 saturated carbocycles. The third-order valence-corrected chi connectivity index (χ3v) is 2.43. The number of unbranched alkanes of at least 4 members (excludes halogenated alkanes) is 2. The molecule has 0 aliphatic heterocycles. The second-order valence-electron chi connectivity index (χ2n) is 3.82. The lowest BCUT2D eigenvalue weighted by molar-refractivity contribution is 0.283. The Labute approximate surface area is 97.9 Å². The highest BCUT2D eigenvalue weighted by atomic mass is 16.2. The van der Waals surface area contributed by atoms with Crippen LogP contribution in [0.4, 0.5) is 11.4 Å². The Hall–Kier alpha value is -1.22. The number of aliphatic hydroxyl groups is 1. The fourth-order valence-corrected chi connectivity index (χ4v) is 1.56. The van der Waals surface area contributed by atoms with Crippen LogP contribution in [0.1, 0.15) is 26.2 Å². The smallest absolute Gasteiger partial charge is 0.0431 e. The van der Waals surface area contributed by atoms with Gasteiger partial charge in [-0.2, -0.15) is 0 Å². The van der Waals surface area contributed by atoms with Crippen LogP contribution in [0, 0.1) is 0 Å². The van der Waals surface area contributed by atoms with Crippen molar-refractivity contribution in [1.82, 2.24) is 0 Å². The molecule has 0 aliphatic rings. The summed E-state index contributed by atoms with van der Waals surface area (Å²) in [6, 6.07) is 8.34. The summed E-state index contributed by atoms with van der Waals surface area (Å²) in [5.41, 5.74) is 2.32. The van der Waals surface area contributed by atoms with E-state index in [0.29, 0.717) is 6.61 Å². The molecule has 0 saturated heterocycles. The first-order valence-electron chi connectivity index (χ1n) is 6.05. The minimum atomic E-state index is 0.303. The van der Waals surface area contributed by atoms with Crippen LogP contribution in [-0.4, -0.2) is 24.8 Å². The molecule has 1 aromatic carbocycles. The summed E-state index contributed by atoms with van der Waals surface area (Å²) < 4.78 is 0. The maximum Gasteiger partial charge on any atom is 0.0431 e. The lowest BCUT2D eigenvalue weighted by Gasteiger charge is -2.07. The van der Waals surface area contributed by atoms with Crippen molar-refractivity contribution in [1.29, 1.82) is 0 Å². The van der Waals surface area contributed by atoms with E-state index >= 15 is 0 Å². The summed E-state index contributed by atoms with van der Waals surface area (Å²) in [6.45, 7) is 4.32. The predicted molar refractivity (Wildman–Crippen MR) is 70.0 cm³/mol. The van der Waals surface area contributed by atoms with Gasteiger partial charge in [-0.3, -0.25) is 0 Å². The first kappa shape index (κ1) is 12.8. The third-order valence-electron chi connectivity index (χ3n) is 2.43. The van der Waals surface area contributed by atoms with Gasteiger partial charge in [0, 0.05) is 31.1 Å². The highest BCUT2D eigenvalue weighted by Gasteiger charge is 1.93. The Morgan fingerprint density at radius 2 is 1.56 bits per heavy atom. The van der Waals surface area contributed by atoms with E-state index in [4.69, 9.17) is 5.11 Å². The van der Waals surface area contributed by atoms with E-state index < -0.39 is 0 Å². The first-order chi connectivity index (χ1) is 7.86. The van der Waals surface area contributed by atoms with Crippen LogP contribution in [0.5, 0.6) is 0 Å². The lowest BCUT2D eigenvalue weighted by atomic mass is 10.2. The molecule has 0 amide bonds. The largest absolute Gasteiger partial charge is 0.396 e. The number of nitrogens with one attached hydrogen (secondary N) is 2. The maximum absolute atomic E-state index is 8.64. The Morgan fingerprint density at radius 3 is 2.12 bits per heavy atom. The quantitative estimate of drug-likeness (QED) is 0.593. The van der Waals surface area contributed by atoms with E-state index in [-0.39, 0.29) is 0 Å². The van der Waals surface area contributed by atoms with Crippen molar-refractivity contribution in [3.63, 3.8) is 0 Å². The van der Waals surface area contributed by atoms with Gasteiger partial charge in [-0.25, -0.2) is 0 Å². The molecule has 3 heteroatoms. The number of benzene rings is 1. The normalized spacial score (nSPS) is 10.1. The second-order valence-corrected chi connectivity index (χ2v) is 3.82. The van der Waals surface area contributed by atoms with Crippen LogP contribution >= 0.6 is 0 Å². The van der Waals surface area contributed by atoms with Crippen molar-refractivity contribution in [2.24, 2.45) is 0 Å². The summed E-state index contributed by atoms with van der Waals surface area (Å²) >= 11 is 0. The molecule has 1 aromatic rings. The zero-order valence-corrected chi connectivity index (χ0v) is 10.00. The van der Waals surface area contributed by atoms with Crippen LogP contribution in [0.15, 0.2) is 24.3 Å². The Balaban J connectivity index is 2.21. The first-order valence-corrected chi connectivity index (χ1v) is 6.05. The topological polar surface area (TPSA) is 44.3 Å². The van der Waals surface area contributed by atoms with Crippen molar-refractivity contribution >= 4 is 11.4 Å². The van der Waals surface area contributed by atoms with E-state index in [0.717, 1.165) is 43.7 Å². The van der Waals surface area contributed by atoms with E-state index in [9.17, 15) is 0 Å². The third kappa shape index (κ3) is 5.03. The fraction of sp³-hybridized carbons (Fsp3) is 0.538. The van der Waals surface area contributed by atoms with Gasteiger partial charge in [-0.1, -0.05) is 0 Å². The standard InChI is InChI=1S/C13H22N2O/c1-2-14-12-6-8-13(9-7-12)15-10-4-3-5-11-16/h6-9,14-16H,2-5,10-11H2,1H3. The Kier molecular flexibility index (Phi) is 6.42. The Morgan fingerprint density at radius 1 is 0.938 bits per heavy atom. The molecule has 0 spiro atoms. The molecular formula is C13H22N2O. The maximum atomic E-state index is 8.64. The zero-order valence-electron chi connectivity index (χ0n) is 10.00. The summed E-state index contributed by atoms with van der Waals surface area (Å²) in [5, 5.41) is 15.3. The number of rotatable bonds is 8. The van der Waals surface area contributed by atoms with E-state index in [1.807, 2.05) is 0 Å². The van der Waals surface area contributed by atoms with E-state index in [1.165, 1.54) is 0 Å². The molecule has 3 nitrogen and oxygen atoms in total. The molecule has 1 rings (SSSR count). The van der Waals surface area contributed by atoms with Gasteiger partial charge in [-0.05, 0) is 50.5 Å². The number of anilines is 2. The molecule has 0 unspecified atom stereocenters. The van der Waals surface area contributed by atoms with Crippen molar-refractivity contribution < 1.29 is 5.11 Å². The van der Waals surface area contributed by atoms with Crippen LogP contribution < -0.4 is 10.6 Å². The molecular weight excluding hydrogens is 200 g/mol. The molecule has 16 heavy (non-hydrogen) atoms. The molecule has 0 aliphatic carbocycles. The molecule has 90 valence electrons. The fourth-order valence-electron chi connectivity index (χ4n) is 1.56. The molecule has 0 heterocycles. The van der Waals surface area contributed by atoms with E-state index in [2.05, 4.69) is 41.8 Å². The average molecular weight is 222 g/mol. The van der Waals surface area contributed by atoms with Crippen LogP contribution in [0.25, 0.3) is 0 Å². The zero-order chi connectivity index (χ0) is 11.6. The number of hydrogen-bond donors (Lipinski definition) is 3. The van der Waals surface area contributed by atoms with Crippen LogP contribution in [0.3, 0.4) is 0 Å². The van der Waals surface area contributed by atoms with E-state index in [1.54, 1.807) is 0 Å². The summed E-state index contributed by atoms with van der Waals surface area (Å²) in [6.07, 6.45) is 3.09. The summed E-state index contributed by atoms with van der Waals surface area (Å²) in [5.74, 6) is 0. The molecule has 0 bridgehead atoms. The van der Waals surface area contributed by atoms with Gasteiger partial charge in [0.2, 0.25) is 0 Å². The lowest BCUT2D eigenvalue weighted by Crippen LogP contribution is -2.02. The monoisotopic (exact) mass is 222 g/mol. The van der Waals surface area contributed by atoms with Gasteiger partial charge in [0.25, 0.3) is 0 Å². The predicted octanol–water partition coefficient (Wildman–Crippen LogP) is 2.69. The molecule has 0 aromatic heterocycles. The molecule has 0 fully saturated rings. The minimum Gasteiger partial charge on any atom is -0.396 e. The molecule has 0 radical (unpaired) electrons. The minimum absolute atomic E-state index is 0.303. The summed E-state index contributed by atoms with van der Waals surface area (Å²) in [4.78, 5) is 0. The number of aliphatic hydroxyl groups excluding tert-OH is 1. The average Bonchev–Trinajstić information content (AvgIpc) is 2.31. The highest BCUT2D eigenvalue weighted by molar-refractivity contribution is 5.53. The highest BCUT2D eigenvalue weighted by Crippen LogP contribution is 2.13. The van der Waals surface area contributed by atoms with Crippen molar-refractivity contribution in [3.8, 4) is 0 Å². The number of hydrogen-bond acceptors (Lipinski definition) is 3. The van der Waals surface area contributed by atoms with Gasteiger partial charge in [0.15, 0.2) is 0 Å².